The molecule has 0 radical (unpaired) electrons. The van der Waals surface area contributed by atoms with Crippen LogP contribution >= 0.6 is 0 Å². The first-order valence-corrected chi connectivity index (χ1v) is 6.96. The molecule has 0 spiro atoms. The molecule has 5 nitrogen and oxygen atoms in total. The summed E-state index contributed by atoms with van der Waals surface area (Å²) < 4.78 is 5.17. The summed E-state index contributed by atoms with van der Waals surface area (Å²) in [6.45, 7) is 6.22. The molecule has 1 saturated heterocycles. The van der Waals surface area contributed by atoms with E-state index in [1.807, 2.05) is 12.1 Å². The lowest BCUT2D eigenvalue weighted by molar-refractivity contribution is -0.119. The molecule has 2 N–H and O–H groups in total. The highest BCUT2D eigenvalue weighted by Crippen LogP contribution is 2.16. The number of methoxy groups -OCH3 is 1. The number of rotatable bonds is 5. The van der Waals surface area contributed by atoms with E-state index in [9.17, 15) is 4.79 Å². The highest BCUT2D eigenvalue weighted by Gasteiger charge is 2.24. The fourth-order valence-corrected chi connectivity index (χ4v) is 2.64. The van der Waals surface area contributed by atoms with Crippen molar-refractivity contribution in [1.29, 1.82) is 0 Å². The van der Waals surface area contributed by atoms with Crippen LogP contribution in [0.2, 0.25) is 0 Å². The van der Waals surface area contributed by atoms with Gasteiger partial charge >= 0.3 is 0 Å². The van der Waals surface area contributed by atoms with Crippen molar-refractivity contribution in [3.63, 3.8) is 0 Å². The van der Waals surface area contributed by atoms with Crippen molar-refractivity contribution in [2.45, 2.75) is 19.5 Å². The maximum atomic E-state index is 11.0. The fourth-order valence-electron chi connectivity index (χ4n) is 2.64. The second-order valence-electron chi connectivity index (χ2n) is 5.37. The van der Waals surface area contributed by atoms with Gasteiger partial charge in [-0.05, 0) is 24.6 Å². The molecule has 1 aliphatic heterocycles. The van der Waals surface area contributed by atoms with Crippen molar-refractivity contribution in [1.82, 2.24) is 9.80 Å². The Kier molecular flexibility index (Phi) is 4.98. The molecule has 1 aliphatic rings. The van der Waals surface area contributed by atoms with Crippen molar-refractivity contribution in [2.24, 2.45) is 5.73 Å². The molecule has 1 aromatic carbocycles. The number of piperazine rings is 1. The van der Waals surface area contributed by atoms with Gasteiger partial charge in [-0.25, -0.2) is 0 Å². The zero-order valence-electron chi connectivity index (χ0n) is 12.2. The highest BCUT2D eigenvalue weighted by molar-refractivity contribution is 5.75. The highest BCUT2D eigenvalue weighted by atomic mass is 16.5. The Hall–Kier alpha value is -1.59. The molecule has 2 rings (SSSR count). The molecule has 1 heterocycles. The van der Waals surface area contributed by atoms with E-state index in [0.717, 1.165) is 31.9 Å². The first-order chi connectivity index (χ1) is 9.58. The maximum absolute atomic E-state index is 11.0. The summed E-state index contributed by atoms with van der Waals surface area (Å²) >= 11 is 0. The van der Waals surface area contributed by atoms with E-state index in [1.165, 1.54) is 5.56 Å². The van der Waals surface area contributed by atoms with Crippen molar-refractivity contribution in [3.8, 4) is 5.75 Å². The fraction of sp³-hybridized carbons (Fsp3) is 0.533. The number of hydrogen-bond acceptors (Lipinski definition) is 4. The smallest absolute Gasteiger partial charge is 0.231 e. The molecule has 0 bridgehead atoms. The molecular formula is C15H23N3O2. The topological polar surface area (TPSA) is 58.8 Å². The largest absolute Gasteiger partial charge is 0.497 e. The van der Waals surface area contributed by atoms with Crippen LogP contribution in [0.25, 0.3) is 0 Å². The van der Waals surface area contributed by atoms with E-state index in [1.54, 1.807) is 7.11 Å². The lowest BCUT2D eigenvalue weighted by Gasteiger charge is -2.39. The zero-order valence-corrected chi connectivity index (χ0v) is 12.2. The van der Waals surface area contributed by atoms with Gasteiger partial charge in [0.2, 0.25) is 5.91 Å². The monoisotopic (exact) mass is 277 g/mol. The first-order valence-electron chi connectivity index (χ1n) is 6.96. The third kappa shape index (κ3) is 3.95. The van der Waals surface area contributed by atoms with Gasteiger partial charge in [-0.3, -0.25) is 14.6 Å². The standard InChI is InChI=1S/C15H23N3O2/c1-12-9-17(11-15(16)19)7-8-18(12)10-13-3-5-14(20-2)6-4-13/h3-6,12H,7-11H2,1-2H3,(H2,16,19). The Labute approximate surface area is 120 Å². The van der Waals surface area contributed by atoms with Crippen LogP contribution in [0.15, 0.2) is 24.3 Å². The minimum Gasteiger partial charge on any atom is -0.497 e. The summed E-state index contributed by atoms with van der Waals surface area (Å²) in [5, 5.41) is 0. The quantitative estimate of drug-likeness (QED) is 0.860. The molecule has 1 aromatic rings. The SMILES string of the molecule is COc1ccc(CN2CCN(CC(N)=O)CC2C)cc1. The summed E-state index contributed by atoms with van der Waals surface area (Å²) in [5.41, 5.74) is 6.53. The van der Waals surface area contributed by atoms with E-state index in [4.69, 9.17) is 10.5 Å². The van der Waals surface area contributed by atoms with Gasteiger partial charge < -0.3 is 10.5 Å². The Bertz CT molecular complexity index is 447. The van der Waals surface area contributed by atoms with Gasteiger partial charge in [0.25, 0.3) is 0 Å². The van der Waals surface area contributed by atoms with Crippen LogP contribution < -0.4 is 10.5 Å². The van der Waals surface area contributed by atoms with Gasteiger partial charge in [0, 0.05) is 32.2 Å². The van der Waals surface area contributed by atoms with E-state index in [0.29, 0.717) is 12.6 Å². The predicted molar refractivity (Wildman–Crippen MR) is 78.5 cm³/mol. The number of hydrogen-bond donors (Lipinski definition) is 1. The first kappa shape index (κ1) is 14.8. The van der Waals surface area contributed by atoms with Gasteiger partial charge in [0.15, 0.2) is 0 Å². The summed E-state index contributed by atoms with van der Waals surface area (Å²) in [6.07, 6.45) is 0. The van der Waals surface area contributed by atoms with Crippen LogP contribution in [0.1, 0.15) is 12.5 Å². The molecule has 110 valence electrons. The minimum absolute atomic E-state index is 0.249. The molecule has 0 aliphatic carbocycles. The number of carbonyl (C=O) groups is 1. The van der Waals surface area contributed by atoms with Gasteiger partial charge in [0.1, 0.15) is 5.75 Å². The van der Waals surface area contributed by atoms with Crippen molar-refractivity contribution >= 4 is 5.91 Å². The second kappa shape index (κ2) is 6.72. The van der Waals surface area contributed by atoms with Gasteiger partial charge in [-0.2, -0.15) is 0 Å². The molecule has 1 atom stereocenters. The van der Waals surface area contributed by atoms with Gasteiger partial charge in [0.05, 0.1) is 13.7 Å². The van der Waals surface area contributed by atoms with E-state index >= 15 is 0 Å². The third-order valence-corrected chi connectivity index (χ3v) is 3.77. The normalized spacial score (nSPS) is 20.8. The van der Waals surface area contributed by atoms with Crippen LogP contribution in [-0.2, 0) is 11.3 Å². The number of carbonyl (C=O) groups excluding carboxylic acids is 1. The van der Waals surface area contributed by atoms with E-state index in [2.05, 4.69) is 28.9 Å². The molecule has 1 unspecified atom stereocenters. The molecule has 5 heteroatoms. The Morgan fingerprint density at radius 1 is 1.35 bits per heavy atom. The molecule has 1 fully saturated rings. The number of nitrogens with two attached hydrogens (primary N) is 1. The second-order valence-corrected chi connectivity index (χ2v) is 5.37. The molecule has 1 amide bonds. The van der Waals surface area contributed by atoms with Gasteiger partial charge in [-0.15, -0.1) is 0 Å². The van der Waals surface area contributed by atoms with Crippen LogP contribution in [-0.4, -0.2) is 55.0 Å². The molecule has 0 saturated carbocycles. The third-order valence-electron chi connectivity index (χ3n) is 3.77. The summed E-state index contributed by atoms with van der Waals surface area (Å²) in [6, 6.07) is 8.60. The number of ether oxygens (including phenoxy) is 1. The summed E-state index contributed by atoms with van der Waals surface area (Å²) in [7, 11) is 1.68. The lowest BCUT2D eigenvalue weighted by atomic mass is 10.1. The maximum Gasteiger partial charge on any atom is 0.231 e. The van der Waals surface area contributed by atoms with Crippen molar-refractivity contribution in [2.75, 3.05) is 33.3 Å². The molecule has 20 heavy (non-hydrogen) atoms. The van der Waals surface area contributed by atoms with Crippen molar-refractivity contribution < 1.29 is 9.53 Å². The number of nitrogens with zero attached hydrogens (tertiary/aromatic N) is 2. The number of benzene rings is 1. The average Bonchev–Trinajstić information content (AvgIpc) is 2.42. The van der Waals surface area contributed by atoms with Crippen LogP contribution in [0.5, 0.6) is 5.75 Å². The Morgan fingerprint density at radius 2 is 2.05 bits per heavy atom. The van der Waals surface area contributed by atoms with Crippen molar-refractivity contribution in [3.05, 3.63) is 29.8 Å². The number of amides is 1. The minimum atomic E-state index is -0.249. The molecule has 0 aromatic heterocycles. The van der Waals surface area contributed by atoms with E-state index in [-0.39, 0.29) is 5.91 Å². The van der Waals surface area contributed by atoms with Crippen LogP contribution in [0, 0.1) is 0 Å². The van der Waals surface area contributed by atoms with E-state index < -0.39 is 0 Å². The van der Waals surface area contributed by atoms with Crippen LogP contribution in [0.3, 0.4) is 0 Å². The van der Waals surface area contributed by atoms with Gasteiger partial charge in [-0.1, -0.05) is 12.1 Å². The average molecular weight is 277 g/mol. The van der Waals surface area contributed by atoms with Crippen LogP contribution in [0.4, 0.5) is 0 Å². The predicted octanol–water partition coefficient (Wildman–Crippen LogP) is 0.687. The lowest BCUT2D eigenvalue weighted by Crippen LogP contribution is -2.53. The summed E-state index contributed by atoms with van der Waals surface area (Å²) in [4.78, 5) is 15.5. The number of primary amides is 1. The Balaban J connectivity index is 1.89. The molecular weight excluding hydrogens is 254 g/mol. The zero-order chi connectivity index (χ0) is 14.5. The summed E-state index contributed by atoms with van der Waals surface area (Å²) in [5.74, 6) is 0.633. The Morgan fingerprint density at radius 3 is 2.60 bits per heavy atom.